The van der Waals surface area contributed by atoms with Gasteiger partial charge in [-0.1, -0.05) is 52.0 Å². The van der Waals surface area contributed by atoms with Gasteiger partial charge in [-0.25, -0.2) is 9.78 Å². The highest BCUT2D eigenvalue weighted by Gasteiger charge is 2.47. The molecular formula is C28H26N4O3S. The molecule has 0 atom stereocenters. The molecule has 0 saturated carbocycles. The van der Waals surface area contributed by atoms with Crippen LogP contribution < -0.4 is 4.90 Å². The van der Waals surface area contributed by atoms with Gasteiger partial charge in [0, 0.05) is 41.6 Å². The Morgan fingerprint density at radius 2 is 1.42 bits per heavy atom. The molecular weight excluding hydrogens is 472 g/mol. The molecule has 7 nitrogen and oxygen atoms in total. The largest absolute Gasteiger partial charge is 0.333 e. The minimum Gasteiger partial charge on any atom is -0.285 e. The summed E-state index contributed by atoms with van der Waals surface area (Å²) in [5, 5.41) is 1.02. The number of para-hydroxylation sites is 1. The maximum absolute atomic E-state index is 12.8. The predicted molar refractivity (Wildman–Crippen MR) is 140 cm³/mol. The molecule has 0 bridgehead atoms. The van der Waals surface area contributed by atoms with Gasteiger partial charge >= 0.3 is 6.03 Å². The zero-order chi connectivity index (χ0) is 25.7. The van der Waals surface area contributed by atoms with Crippen molar-refractivity contribution in [2.75, 3.05) is 19.0 Å². The Kier molecular flexibility index (Phi) is 4.49. The Morgan fingerprint density at radius 3 is 2.06 bits per heavy atom. The molecule has 1 saturated heterocycles. The number of hydrogen-bond donors (Lipinski definition) is 0. The van der Waals surface area contributed by atoms with E-state index in [0.29, 0.717) is 0 Å². The van der Waals surface area contributed by atoms with Crippen LogP contribution in [0, 0.1) is 0 Å². The molecule has 1 aromatic carbocycles. The summed E-state index contributed by atoms with van der Waals surface area (Å²) >= 11 is 1.52. The number of thiophene rings is 1. The van der Waals surface area contributed by atoms with E-state index in [4.69, 9.17) is 4.98 Å². The smallest absolute Gasteiger partial charge is 0.285 e. The van der Waals surface area contributed by atoms with Gasteiger partial charge in [-0.3, -0.25) is 24.3 Å². The van der Waals surface area contributed by atoms with Crippen LogP contribution in [0.2, 0.25) is 0 Å². The molecule has 0 spiro atoms. The maximum atomic E-state index is 12.8. The number of carbonyl (C=O) groups excluding carboxylic acids is 3. The molecule has 0 aliphatic carbocycles. The normalized spacial score (nSPS) is 19.2. The van der Waals surface area contributed by atoms with Crippen LogP contribution in [0.15, 0.2) is 48.2 Å². The summed E-state index contributed by atoms with van der Waals surface area (Å²) in [7, 11) is 2.78. The number of urea groups is 1. The van der Waals surface area contributed by atoms with Crippen molar-refractivity contribution in [3.05, 3.63) is 75.3 Å². The first-order valence-corrected chi connectivity index (χ1v) is 12.6. The lowest BCUT2D eigenvalue weighted by Gasteiger charge is -2.47. The molecule has 182 valence electrons. The standard InChI is InChI=1S/C28H26N4O3S/c1-27(2)17-9-7-10-18-21(17)32(22-19(27)11-8-12-29-22)25-20(28(18,3)4)14-15(36-25)13-16-23(33)30(5)26(35)31(6)24(16)34/h7-14H,1-6H3. The Balaban J connectivity index is 1.59. The fraction of sp³-hybridized carbons (Fsp3) is 0.286. The lowest BCUT2D eigenvalue weighted by atomic mass is 9.68. The molecule has 0 radical (unpaired) electrons. The number of barbiturate groups is 1. The monoisotopic (exact) mass is 498 g/mol. The van der Waals surface area contributed by atoms with Gasteiger partial charge in [0.1, 0.15) is 16.4 Å². The van der Waals surface area contributed by atoms with Crippen molar-refractivity contribution in [1.29, 1.82) is 0 Å². The van der Waals surface area contributed by atoms with E-state index >= 15 is 0 Å². The van der Waals surface area contributed by atoms with Crippen molar-refractivity contribution in [3.8, 4) is 0 Å². The van der Waals surface area contributed by atoms with Gasteiger partial charge in [-0.2, -0.15) is 0 Å². The third kappa shape index (κ3) is 2.73. The number of likely N-dealkylation sites (N-methyl/N-ethyl adjacent to an activating group) is 2. The highest BCUT2D eigenvalue weighted by Crippen LogP contribution is 2.61. The van der Waals surface area contributed by atoms with E-state index in [0.717, 1.165) is 42.3 Å². The summed E-state index contributed by atoms with van der Waals surface area (Å²) in [5.74, 6) is -0.285. The van der Waals surface area contributed by atoms with E-state index < -0.39 is 17.8 Å². The number of fused-ring (bicyclic) bond motifs is 4. The lowest BCUT2D eigenvalue weighted by Crippen LogP contribution is -2.52. The van der Waals surface area contributed by atoms with Crippen LogP contribution in [-0.2, 0) is 20.4 Å². The molecule has 4 amide bonds. The predicted octanol–water partition coefficient (Wildman–Crippen LogP) is 5.33. The number of imide groups is 2. The van der Waals surface area contributed by atoms with E-state index in [1.165, 1.54) is 36.6 Å². The number of nitrogens with zero attached hydrogens (tertiary/aromatic N) is 4. The third-order valence-corrected chi connectivity index (χ3v) is 8.88. The first-order valence-electron chi connectivity index (χ1n) is 11.8. The zero-order valence-electron chi connectivity index (χ0n) is 21.0. The van der Waals surface area contributed by atoms with Crippen LogP contribution in [0.1, 0.15) is 54.8 Å². The van der Waals surface area contributed by atoms with Crippen molar-refractivity contribution in [1.82, 2.24) is 14.8 Å². The van der Waals surface area contributed by atoms with Gasteiger partial charge in [0.05, 0.1) is 5.69 Å². The zero-order valence-corrected chi connectivity index (χ0v) is 21.9. The molecule has 0 N–H and O–H groups in total. The van der Waals surface area contributed by atoms with E-state index in [1.807, 2.05) is 12.3 Å². The van der Waals surface area contributed by atoms with Crippen LogP contribution in [0.5, 0.6) is 0 Å². The molecule has 0 unspecified atom stereocenters. The van der Waals surface area contributed by atoms with Gasteiger partial charge in [-0.15, -0.1) is 11.3 Å². The Bertz CT molecular complexity index is 1520. The fourth-order valence-corrected chi connectivity index (χ4v) is 6.92. The van der Waals surface area contributed by atoms with Gasteiger partial charge in [-0.05, 0) is 34.9 Å². The number of rotatable bonds is 1. The molecule has 5 heterocycles. The molecule has 1 fully saturated rings. The summed E-state index contributed by atoms with van der Waals surface area (Å²) in [5.41, 5.74) is 5.31. The van der Waals surface area contributed by atoms with Crippen molar-refractivity contribution >= 4 is 51.8 Å². The maximum Gasteiger partial charge on any atom is 0.333 e. The minimum atomic E-state index is -0.629. The van der Waals surface area contributed by atoms with Crippen molar-refractivity contribution in [2.45, 2.75) is 38.5 Å². The molecule has 3 aliphatic heterocycles. The molecule has 36 heavy (non-hydrogen) atoms. The van der Waals surface area contributed by atoms with E-state index in [9.17, 15) is 14.4 Å². The molecule has 3 aliphatic rings. The van der Waals surface area contributed by atoms with Crippen molar-refractivity contribution < 1.29 is 14.4 Å². The quantitative estimate of drug-likeness (QED) is 0.335. The molecule has 8 heteroatoms. The number of aromatic nitrogens is 1. The molecule has 2 aromatic heterocycles. The summed E-state index contributed by atoms with van der Waals surface area (Å²) in [6, 6.07) is 12.0. The van der Waals surface area contributed by atoms with Gasteiger partial charge in [0.15, 0.2) is 0 Å². The topological polar surface area (TPSA) is 73.8 Å². The summed E-state index contributed by atoms with van der Waals surface area (Å²) in [6.07, 6.45) is 3.43. The van der Waals surface area contributed by atoms with E-state index in [-0.39, 0.29) is 16.4 Å². The number of anilines is 3. The van der Waals surface area contributed by atoms with Crippen LogP contribution in [0.25, 0.3) is 6.08 Å². The van der Waals surface area contributed by atoms with Crippen LogP contribution in [0.4, 0.5) is 21.3 Å². The Labute approximate surface area is 213 Å². The summed E-state index contributed by atoms with van der Waals surface area (Å²) < 4.78 is 0. The number of amides is 4. The van der Waals surface area contributed by atoms with E-state index in [1.54, 1.807) is 6.08 Å². The first-order chi connectivity index (χ1) is 17.0. The summed E-state index contributed by atoms with van der Waals surface area (Å²) in [6.45, 7) is 8.89. The number of hydrogen-bond acceptors (Lipinski definition) is 6. The van der Waals surface area contributed by atoms with Gasteiger partial charge < -0.3 is 0 Å². The Hall–Kier alpha value is -3.78. The van der Waals surface area contributed by atoms with Gasteiger partial charge in [0.25, 0.3) is 11.8 Å². The highest BCUT2D eigenvalue weighted by atomic mass is 32.1. The number of pyridine rings is 1. The minimum absolute atomic E-state index is 0.0208. The summed E-state index contributed by atoms with van der Waals surface area (Å²) in [4.78, 5) is 47.6. The second-order valence-corrected chi connectivity index (χ2v) is 11.7. The highest BCUT2D eigenvalue weighted by molar-refractivity contribution is 7.17. The van der Waals surface area contributed by atoms with Gasteiger partial charge in [0.2, 0.25) is 0 Å². The lowest BCUT2D eigenvalue weighted by molar-refractivity contribution is -0.134. The van der Waals surface area contributed by atoms with Crippen molar-refractivity contribution in [2.24, 2.45) is 0 Å². The molecule has 3 aromatic rings. The number of carbonyl (C=O) groups is 3. The third-order valence-electron chi connectivity index (χ3n) is 7.82. The van der Waals surface area contributed by atoms with Crippen LogP contribution >= 0.6 is 11.3 Å². The first kappa shape index (κ1) is 22.7. The second-order valence-electron chi connectivity index (χ2n) is 10.6. The number of benzene rings is 1. The van der Waals surface area contributed by atoms with Crippen LogP contribution in [0.3, 0.4) is 0 Å². The SMILES string of the molecule is CN1C(=O)C(=Cc2cc3c(s2)N2c4ncccc4C(C)(C)c4cccc(c42)C3(C)C)C(=O)N(C)C1=O. The Morgan fingerprint density at radius 1 is 0.833 bits per heavy atom. The average Bonchev–Trinajstić information content (AvgIpc) is 3.29. The second kappa shape index (κ2) is 7.13. The average molecular weight is 499 g/mol. The van der Waals surface area contributed by atoms with E-state index in [2.05, 4.69) is 62.9 Å². The molecule has 6 rings (SSSR count). The van der Waals surface area contributed by atoms with Crippen LogP contribution in [-0.4, -0.2) is 46.7 Å². The van der Waals surface area contributed by atoms with Crippen molar-refractivity contribution in [3.63, 3.8) is 0 Å². The fourth-order valence-electron chi connectivity index (χ4n) is 5.65.